The summed E-state index contributed by atoms with van der Waals surface area (Å²) in [5.74, 6) is 1.73. The molecule has 118 valence electrons. The minimum Gasteiger partial charge on any atom is -0.466 e. The van der Waals surface area contributed by atoms with Crippen LogP contribution >= 0.6 is 0 Å². The van der Waals surface area contributed by atoms with Gasteiger partial charge in [0.05, 0.1) is 12.0 Å². The molecule has 0 saturated carbocycles. The second-order valence-electron chi connectivity index (χ2n) is 6.16. The summed E-state index contributed by atoms with van der Waals surface area (Å²) < 4.78 is 7.54. The third-order valence-corrected chi connectivity index (χ3v) is 4.52. The van der Waals surface area contributed by atoms with Gasteiger partial charge in [0.25, 0.3) is 0 Å². The summed E-state index contributed by atoms with van der Waals surface area (Å²) in [5.41, 5.74) is 1.00. The van der Waals surface area contributed by atoms with Gasteiger partial charge in [0, 0.05) is 31.0 Å². The van der Waals surface area contributed by atoms with E-state index in [9.17, 15) is 4.79 Å². The van der Waals surface area contributed by atoms with Crippen LogP contribution in [0, 0.1) is 13.8 Å². The normalized spacial score (nSPS) is 20.1. The summed E-state index contributed by atoms with van der Waals surface area (Å²) in [6.07, 6.45) is 5.86. The molecule has 1 saturated heterocycles. The van der Waals surface area contributed by atoms with E-state index in [0.29, 0.717) is 0 Å². The molecule has 1 fully saturated rings. The molecule has 1 aliphatic heterocycles. The van der Waals surface area contributed by atoms with Crippen LogP contribution in [0.5, 0.6) is 0 Å². The van der Waals surface area contributed by atoms with Crippen molar-refractivity contribution in [3.8, 4) is 0 Å². The Labute approximate surface area is 130 Å². The van der Waals surface area contributed by atoms with Gasteiger partial charge in [-0.1, -0.05) is 0 Å². The van der Waals surface area contributed by atoms with Crippen LogP contribution in [-0.4, -0.2) is 33.7 Å². The fraction of sp³-hybridized carbons (Fsp3) is 0.529. The molecule has 0 aliphatic carbocycles. The average Bonchev–Trinajstić information content (AvgIpc) is 3.15. The van der Waals surface area contributed by atoms with E-state index in [0.717, 1.165) is 43.0 Å². The van der Waals surface area contributed by atoms with E-state index in [-0.39, 0.29) is 17.9 Å². The lowest BCUT2D eigenvalue weighted by atomic mass is 9.97. The second kappa shape index (κ2) is 5.99. The minimum absolute atomic E-state index is 0.158. The Hall–Kier alpha value is -2.04. The van der Waals surface area contributed by atoms with Gasteiger partial charge >= 0.3 is 0 Å². The smallest absolute Gasteiger partial charge is 0.230 e. The fourth-order valence-electron chi connectivity index (χ4n) is 3.35. The van der Waals surface area contributed by atoms with E-state index >= 15 is 0 Å². The number of carbonyl (C=O) groups is 1. The molecule has 0 aromatic carbocycles. The predicted molar refractivity (Wildman–Crippen MR) is 83.7 cm³/mol. The highest BCUT2D eigenvalue weighted by molar-refractivity contribution is 5.83. The number of amides is 1. The summed E-state index contributed by atoms with van der Waals surface area (Å²) >= 11 is 0. The summed E-state index contributed by atoms with van der Waals surface area (Å²) in [6.45, 7) is 7.38. The molecule has 5 nitrogen and oxygen atoms in total. The molecule has 0 bridgehead atoms. The maximum absolute atomic E-state index is 12.8. The van der Waals surface area contributed by atoms with E-state index in [4.69, 9.17) is 4.42 Å². The lowest BCUT2D eigenvalue weighted by Crippen LogP contribution is -2.42. The molecule has 22 heavy (non-hydrogen) atoms. The maximum Gasteiger partial charge on any atom is 0.230 e. The Morgan fingerprint density at radius 2 is 2.27 bits per heavy atom. The first-order valence-corrected chi connectivity index (χ1v) is 7.91. The number of furan rings is 1. The van der Waals surface area contributed by atoms with Crippen molar-refractivity contribution in [3.63, 3.8) is 0 Å². The molecular formula is C17H23N3O2. The highest BCUT2D eigenvalue weighted by Crippen LogP contribution is 2.28. The van der Waals surface area contributed by atoms with Gasteiger partial charge in [0.15, 0.2) is 0 Å². The molecule has 1 amide bonds. The van der Waals surface area contributed by atoms with Crippen LogP contribution in [0.3, 0.4) is 0 Å². The molecule has 2 aromatic rings. The highest BCUT2D eigenvalue weighted by Gasteiger charge is 2.29. The lowest BCUT2D eigenvalue weighted by molar-refractivity contribution is -0.134. The van der Waals surface area contributed by atoms with E-state index in [2.05, 4.69) is 5.10 Å². The Morgan fingerprint density at radius 3 is 2.91 bits per heavy atom. The molecular weight excluding hydrogens is 278 g/mol. The monoisotopic (exact) mass is 301 g/mol. The predicted octanol–water partition coefficient (Wildman–Crippen LogP) is 3.06. The van der Waals surface area contributed by atoms with Crippen LogP contribution in [0.15, 0.2) is 28.9 Å². The molecule has 2 atom stereocenters. The van der Waals surface area contributed by atoms with Crippen LogP contribution in [0.2, 0.25) is 0 Å². The summed E-state index contributed by atoms with van der Waals surface area (Å²) in [5, 5.41) is 4.32. The number of nitrogens with zero attached hydrogens (tertiary/aromatic N) is 3. The van der Waals surface area contributed by atoms with Crippen molar-refractivity contribution < 1.29 is 9.21 Å². The van der Waals surface area contributed by atoms with Crippen LogP contribution in [0.4, 0.5) is 0 Å². The molecule has 5 heteroatoms. The molecule has 3 rings (SSSR count). The minimum atomic E-state index is -0.158. The van der Waals surface area contributed by atoms with Crippen molar-refractivity contribution in [1.82, 2.24) is 14.7 Å². The van der Waals surface area contributed by atoms with Gasteiger partial charge < -0.3 is 9.32 Å². The number of piperidine rings is 1. The zero-order valence-corrected chi connectivity index (χ0v) is 13.5. The third-order valence-electron chi connectivity index (χ3n) is 4.52. The number of hydrogen-bond donors (Lipinski definition) is 0. The van der Waals surface area contributed by atoms with Gasteiger partial charge in [-0.05, 0) is 45.7 Å². The topological polar surface area (TPSA) is 51.3 Å². The molecule has 2 aromatic heterocycles. The number of aromatic nitrogens is 2. The maximum atomic E-state index is 12.8. The van der Waals surface area contributed by atoms with Crippen molar-refractivity contribution in [1.29, 1.82) is 0 Å². The zero-order chi connectivity index (χ0) is 15.7. The second-order valence-corrected chi connectivity index (χ2v) is 6.16. The lowest BCUT2D eigenvalue weighted by Gasteiger charge is -2.34. The van der Waals surface area contributed by atoms with Crippen molar-refractivity contribution in [2.24, 2.45) is 0 Å². The quantitative estimate of drug-likeness (QED) is 0.875. The van der Waals surface area contributed by atoms with Gasteiger partial charge in [0.1, 0.15) is 11.5 Å². The Balaban J connectivity index is 1.72. The number of carbonyl (C=O) groups excluding carboxylic acids is 1. The van der Waals surface area contributed by atoms with E-state index < -0.39 is 0 Å². The standard InChI is InChI=1S/C17H23N3O2/c1-12-10-16(14(3)22-12)13(2)17(21)19-8-4-6-15(11-19)20-9-5-7-18-20/h5,7,9-10,13,15H,4,6,8,11H2,1-3H3/t13-,15-/m0/s1. The van der Waals surface area contributed by atoms with Crippen LogP contribution < -0.4 is 0 Å². The number of aryl methyl sites for hydroxylation is 2. The summed E-state index contributed by atoms with van der Waals surface area (Å²) in [4.78, 5) is 14.8. The van der Waals surface area contributed by atoms with Gasteiger partial charge in [-0.2, -0.15) is 5.10 Å². The molecule has 0 unspecified atom stereocenters. The Kier molecular flexibility index (Phi) is 4.05. The van der Waals surface area contributed by atoms with Gasteiger partial charge in [-0.15, -0.1) is 0 Å². The molecule has 0 spiro atoms. The summed E-state index contributed by atoms with van der Waals surface area (Å²) in [7, 11) is 0. The van der Waals surface area contributed by atoms with Crippen molar-refractivity contribution in [2.75, 3.05) is 13.1 Å². The van der Waals surface area contributed by atoms with E-state index in [1.165, 1.54) is 0 Å². The van der Waals surface area contributed by atoms with Crippen LogP contribution in [0.25, 0.3) is 0 Å². The zero-order valence-electron chi connectivity index (χ0n) is 13.5. The largest absolute Gasteiger partial charge is 0.466 e. The average molecular weight is 301 g/mol. The van der Waals surface area contributed by atoms with Gasteiger partial charge in [-0.3, -0.25) is 9.48 Å². The Morgan fingerprint density at radius 1 is 1.45 bits per heavy atom. The molecule has 0 radical (unpaired) electrons. The van der Waals surface area contributed by atoms with Gasteiger partial charge in [-0.25, -0.2) is 0 Å². The number of hydrogen-bond acceptors (Lipinski definition) is 3. The van der Waals surface area contributed by atoms with E-state index in [1.807, 2.05) is 48.7 Å². The van der Waals surface area contributed by atoms with Crippen LogP contribution in [0.1, 0.15) is 48.8 Å². The van der Waals surface area contributed by atoms with Crippen molar-refractivity contribution in [3.05, 3.63) is 41.6 Å². The fourth-order valence-corrected chi connectivity index (χ4v) is 3.35. The first-order chi connectivity index (χ1) is 10.6. The molecule has 1 aliphatic rings. The van der Waals surface area contributed by atoms with Crippen molar-refractivity contribution in [2.45, 2.75) is 45.6 Å². The SMILES string of the molecule is Cc1cc([C@H](C)C(=O)N2CCC[C@H](n3cccn3)C2)c(C)o1. The Bertz CT molecular complexity index is 645. The first-order valence-electron chi connectivity index (χ1n) is 7.91. The van der Waals surface area contributed by atoms with E-state index in [1.54, 1.807) is 6.20 Å². The highest BCUT2D eigenvalue weighted by atomic mass is 16.3. The first kappa shape index (κ1) is 14.9. The molecule has 3 heterocycles. The number of likely N-dealkylation sites (tertiary alicyclic amines) is 1. The van der Waals surface area contributed by atoms with Gasteiger partial charge in [0.2, 0.25) is 5.91 Å². The third kappa shape index (κ3) is 2.80. The van der Waals surface area contributed by atoms with Crippen LogP contribution in [-0.2, 0) is 4.79 Å². The number of rotatable bonds is 3. The van der Waals surface area contributed by atoms with Crippen molar-refractivity contribution >= 4 is 5.91 Å². The molecule has 0 N–H and O–H groups in total. The summed E-state index contributed by atoms with van der Waals surface area (Å²) in [6, 6.07) is 4.19.